The van der Waals surface area contributed by atoms with Gasteiger partial charge in [0.2, 0.25) is 5.91 Å². The monoisotopic (exact) mass is 542 g/mol. The number of hydrogen-bond acceptors (Lipinski definition) is 7. The first-order valence-corrected chi connectivity index (χ1v) is 11.8. The number of alkyl halides is 1. The van der Waals surface area contributed by atoms with Crippen LogP contribution in [0.25, 0.3) is 0 Å². The van der Waals surface area contributed by atoms with Crippen molar-refractivity contribution in [2.45, 2.75) is 70.7 Å². The molecule has 0 fully saturated rings. The second-order valence-corrected chi connectivity index (χ2v) is 9.05. The van der Waals surface area contributed by atoms with Gasteiger partial charge in [0, 0.05) is 12.8 Å². The number of ketones is 1. The smallest absolute Gasteiger partial charge is 0.408 e. The number of ether oxygens (including phenoxy) is 2. The topological polar surface area (TPSA) is 148 Å². The highest BCUT2D eigenvalue weighted by molar-refractivity contribution is 9.09. The van der Waals surface area contributed by atoms with E-state index in [0.717, 1.165) is 5.56 Å². The number of carboxylic acid groups (broad SMARTS) is 1. The summed E-state index contributed by atoms with van der Waals surface area (Å²) in [5.74, 6) is -2.95. The van der Waals surface area contributed by atoms with E-state index < -0.39 is 41.6 Å². The molecular weight excluding hydrogens is 512 g/mol. The van der Waals surface area contributed by atoms with Gasteiger partial charge < -0.3 is 25.2 Å². The lowest BCUT2D eigenvalue weighted by Crippen LogP contribution is -2.52. The molecule has 0 saturated carbocycles. The number of rotatable bonds is 13. The van der Waals surface area contributed by atoms with Gasteiger partial charge in [-0.25, -0.2) is 9.59 Å². The summed E-state index contributed by atoms with van der Waals surface area (Å²) in [5.41, 5.74) is 0.00238. The number of amides is 2. The van der Waals surface area contributed by atoms with Crippen LogP contribution >= 0.6 is 15.9 Å². The quantitative estimate of drug-likeness (QED) is 0.254. The fraction of sp³-hybridized carbons (Fsp3) is 0.522. The maximum absolute atomic E-state index is 12.8. The standard InChI is InChI=1S/C23H31BrN2O8/c1-23(2,3)34-19(28)12-11-17(26-22(32)33-14-15-7-5-4-6-8-15)20(29)25-18(21(30)31)10-9-16(27)13-24/h4-8,17-18H,9-14H2,1-3H3,(H,25,29)(H,26,32)(H,30,31). The van der Waals surface area contributed by atoms with Crippen molar-refractivity contribution in [2.75, 3.05) is 5.33 Å². The molecule has 1 aromatic rings. The molecule has 10 nitrogen and oxygen atoms in total. The number of Topliss-reactive ketones (excluding diaryl/α,β-unsaturated/α-hetero) is 1. The zero-order chi connectivity index (χ0) is 25.7. The molecule has 1 rings (SSSR count). The number of esters is 1. The third kappa shape index (κ3) is 12.3. The number of hydrogen-bond donors (Lipinski definition) is 3. The van der Waals surface area contributed by atoms with E-state index in [1.807, 2.05) is 6.07 Å². The summed E-state index contributed by atoms with van der Waals surface area (Å²) < 4.78 is 10.4. The summed E-state index contributed by atoms with van der Waals surface area (Å²) in [6, 6.07) is 6.27. The van der Waals surface area contributed by atoms with Gasteiger partial charge in [0.05, 0.1) is 5.33 Å². The second-order valence-electron chi connectivity index (χ2n) is 8.49. The number of benzene rings is 1. The van der Waals surface area contributed by atoms with Crippen LogP contribution in [0, 0.1) is 0 Å². The zero-order valence-electron chi connectivity index (χ0n) is 19.5. The molecule has 2 amide bonds. The number of carboxylic acids is 1. The van der Waals surface area contributed by atoms with Gasteiger partial charge in [-0.3, -0.25) is 14.4 Å². The fourth-order valence-electron chi connectivity index (χ4n) is 2.73. The fourth-order valence-corrected chi connectivity index (χ4v) is 3.01. The van der Waals surface area contributed by atoms with Gasteiger partial charge in [-0.15, -0.1) is 0 Å². The highest BCUT2D eigenvalue weighted by Gasteiger charge is 2.28. The first kappa shape index (κ1) is 29.1. The number of carbonyl (C=O) groups is 5. The van der Waals surface area contributed by atoms with E-state index in [4.69, 9.17) is 9.47 Å². The average molecular weight is 543 g/mol. The van der Waals surface area contributed by atoms with Crippen molar-refractivity contribution >= 4 is 45.7 Å². The van der Waals surface area contributed by atoms with E-state index in [2.05, 4.69) is 26.6 Å². The lowest BCUT2D eigenvalue weighted by molar-refractivity contribution is -0.155. The molecule has 34 heavy (non-hydrogen) atoms. The first-order chi connectivity index (χ1) is 15.9. The Morgan fingerprint density at radius 3 is 2.15 bits per heavy atom. The van der Waals surface area contributed by atoms with Crippen LogP contribution in [0.4, 0.5) is 4.79 Å². The molecule has 0 aromatic heterocycles. The van der Waals surface area contributed by atoms with Crippen LogP contribution in [-0.4, -0.2) is 57.8 Å². The molecule has 2 unspecified atom stereocenters. The predicted octanol–water partition coefficient (Wildman–Crippen LogP) is 2.72. The lowest BCUT2D eigenvalue weighted by Gasteiger charge is -2.23. The average Bonchev–Trinajstić information content (AvgIpc) is 2.76. The number of carbonyl (C=O) groups excluding carboxylic acids is 4. The van der Waals surface area contributed by atoms with Crippen LogP contribution in [0.5, 0.6) is 0 Å². The van der Waals surface area contributed by atoms with E-state index in [0.29, 0.717) is 0 Å². The van der Waals surface area contributed by atoms with Gasteiger partial charge in [-0.05, 0) is 39.2 Å². The van der Waals surface area contributed by atoms with Crippen molar-refractivity contribution in [3.63, 3.8) is 0 Å². The molecule has 3 N–H and O–H groups in total. The van der Waals surface area contributed by atoms with Gasteiger partial charge in [-0.1, -0.05) is 46.3 Å². The lowest BCUT2D eigenvalue weighted by atomic mass is 10.1. The summed E-state index contributed by atoms with van der Waals surface area (Å²) in [4.78, 5) is 60.2. The Balaban J connectivity index is 2.83. The van der Waals surface area contributed by atoms with Crippen LogP contribution in [0.2, 0.25) is 0 Å². The maximum atomic E-state index is 12.8. The second kappa shape index (κ2) is 14.3. The Kier molecular flexibility index (Phi) is 12.3. The Labute approximate surface area is 206 Å². The van der Waals surface area contributed by atoms with Gasteiger partial charge in [0.25, 0.3) is 0 Å². The van der Waals surface area contributed by atoms with E-state index >= 15 is 0 Å². The van der Waals surface area contributed by atoms with Crippen LogP contribution in [0.1, 0.15) is 52.0 Å². The zero-order valence-corrected chi connectivity index (χ0v) is 21.1. The van der Waals surface area contributed by atoms with Crippen molar-refractivity contribution in [1.82, 2.24) is 10.6 Å². The third-order valence-corrected chi connectivity index (χ3v) is 4.98. The third-order valence-electron chi connectivity index (χ3n) is 4.35. The van der Waals surface area contributed by atoms with Gasteiger partial charge in [0.15, 0.2) is 0 Å². The molecule has 188 valence electrons. The Morgan fingerprint density at radius 2 is 1.59 bits per heavy atom. The normalized spacial score (nSPS) is 12.7. The van der Waals surface area contributed by atoms with Crippen LogP contribution in [-0.2, 0) is 35.3 Å². The summed E-state index contributed by atoms with van der Waals surface area (Å²) >= 11 is 3.00. The SMILES string of the molecule is CC(C)(C)OC(=O)CCC(NC(=O)OCc1ccccc1)C(=O)NC(CCC(=O)CBr)C(=O)O. The van der Waals surface area contributed by atoms with Gasteiger partial charge in [-0.2, -0.15) is 0 Å². The molecule has 1 aromatic carbocycles. The first-order valence-electron chi connectivity index (χ1n) is 10.7. The largest absolute Gasteiger partial charge is 0.480 e. The molecule has 0 heterocycles. The molecule has 0 bridgehead atoms. The summed E-state index contributed by atoms with van der Waals surface area (Å²) in [7, 11) is 0. The van der Waals surface area contributed by atoms with Crippen molar-refractivity contribution in [2.24, 2.45) is 0 Å². The molecule has 11 heteroatoms. The molecule has 2 atom stereocenters. The minimum Gasteiger partial charge on any atom is -0.480 e. The van der Waals surface area contributed by atoms with Crippen molar-refractivity contribution in [3.8, 4) is 0 Å². The minimum atomic E-state index is -1.35. The molecule has 0 radical (unpaired) electrons. The predicted molar refractivity (Wildman–Crippen MR) is 126 cm³/mol. The number of nitrogens with one attached hydrogen (secondary N) is 2. The highest BCUT2D eigenvalue weighted by Crippen LogP contribution is 2.11. The summed E-state index contributed by atoms with van der Waals surface area (Å²) in [5, 5.41) is 14.2. The molecule has 0 aliphatic heterocycles. The van der Waals surface area contributed by atoms with Crippen LogP contribution in [0.15, 0.2) is 30.3 Å². The number of halogens is 1. The van der Waals surface area contributed by atoms with Gasteiger partial charge in [0.1, 0.15) is 30.1 Å². The van der Waals surface area contributed by atoms with Crippen molar-refractivity contribution in [3.05, 3.63) is 35.9 Å². The maximum Gasteiger partial charge on any atom is 0.408 e. The number of aliphatic carboxylic acids is 1. The Bertz CT molecular complexity index is 854. The van der Waals surface area contributed by atoms with Crippen molar-refractivity contribution in [1.29, 1.82) is 0 Å². The van der Waals surface area contributed by atoms with E-state index in [1.165, 1.54) is 0 Å². The van der Waals surface area contributed by atoms with Crippen molar-refractivity contribution < 1.29 is 38.6 Å². The van der Waals surface area contributed by atoms with Crippen LogP contribution in [0.3, 0.4) is 0 Å². The molecule has 0 spiro atoms. The summed E-state index contributed by atoms with van der Waals surface area (Å²) in [6.45, 7) is 5.04. The highest BCUT2D eigenvalue weighted by atomic mass is 79.9. The molecular formula is C23H31BrN2O8. The van der Waals surface area contributed by atoms with E-state index in [1.54, 1.807) is 45.0 Å². The van der Waals surface area contributed by atoms with E-state index in [9.17, 15) is 29.1 Å². The molecule has 0 aliphatic rings. The molecule has 0 saturated heterocycles. The summed E-state index contributed by atoms with van der Waals surface area (Å²) in [6.07, 6.45) is -1.43. The minimum absolute atomic E-state index is 0.0422. The Hall–Kier alpha value is -2.95. The van der Waals surface area contributed by atoms with Gasteiger partial charge >= 0.3 is 18.0 Å². The van der Waals surface area contributed by atoms with Crippen LogP contribution < -0.4 is 10.6 Å². The van der Waals surface area contributed by atoms with E-state index in [-0.39, 0.29) is 43.4 Å². The molecule has 0 aliphatic carbocycles. The number of alkyl carbamates (subject to hydrolysis) is 1. The Morgan fingerprint density at radius 1 is 0.971 bits per heavy atom.